The minimum absolute atomic E-state index is 0.115. The molecule has 1 saturated heterocycles. The van der Waals surface area contributed by atoms with Gasteiger partial charge in [-0.3, -0.25) is 5.10 Å². The number of hydrogen-bond acceptors (Lipinski definition) is 3. The number of halogens is 2. The van der Waals surface area contributed by atoms with Gasteiger partial charge in [-0.2, -0.15) is 5.10 Å². The zero-order valence-electron chi connectivity index (χ0n) is 17.1. The molecular weight excluding hydrogens is 389 g/mol. The topological polar surface area (TPSA) is 41.1 Å². The summed E-state index contributed by atoms with van der Waals surface area (Å²) >= 11 is 6.36. The summed E-state index contributed by atoms with van der Waals surface area (Å²) in [5.41, 5.74) is 3.94. The number of fused-ring (bicyclic) bond motifs is 1. The number of aromatic amines is 1. The van der Waals surface area contributed by atoms with E-state index < -0.39 is 0 Å². The van der Waals surface area contributed by atoms with E-state index in [2.05, 4.69) is 29.1 Å². The Labute approximate surface area is 176 Å². The summed E-state index contributed by atoms with van der Waals surface area (Å²) in [6.07, 6.45) is 1.82. The molecule has 0 saturated carbocycles. The normalized spacial score (nSPS) is 18.2. The second-order valence-corrected chi connectivity index (χ2v) is 8.71. The number of piperidine rings is 1. The van der Waals surface area contributed by atoms with Crippen molar-refractivity contribution in [2.24, 2.45) is 0 Å². The predicted octanol–water partition coefficient (Wildman–Crippen LogP) is 5.41. The summed E-state index contributed by atoms with van der Waals surface area (Å²) in [7, 11) is 2.14. The molecule has 4 nitrogen and oxygen atoms in total. The molecule has 29 heavy (non-hydrogen) atoms. The lowest BCUT2D eigenvalue weighted by molar-refractivity contribution is 0.00696. The third kappa shape index (κ3) is 4.04. The highest BCUT2D eigenvalue weighted by atomic mass is 35.5. The Balaban J connectivity index is 1.60. The van der Waals surface area contributed by atoms with E-state index in [-0.39, 0.29) is 17.3 Å². The van der Waals surface area contributed by atoms with Crippen LogP contribution in [-0.2, 0) is 10.2 Å². The average Bonchev–Trinajstić information content (AvgIpc) is 3.08. The van der Waals surface area contributed by atoms with E-state index >= 15 is 0 Å². The highest BCUT2D eigenvalue weighted by Crippen LogP contribution is 2.38. The van der Waals surface area contributed by atoms with Gasteiger partial charge in [-0.05, 0) is 76.7 Å². The van der Waals surface area contributed by atoms with Crippen molar-refractivity contribution < 1.29 is 9.13 Å². The monoisotopic (exact) mass is 415 g/mol. The van der Waals surface area contributed by atoms with Gasteiger partial charge in [0.15, 0.2) is 0 Å². The number of hydrogen-bond donors (Lipinski definition) is 1. The van der Waals surface area contributed by atoms with Crippen molar-refractivity contribution >= 4 is 22.5 Å². The molecule has 1 atom stereocenters. The van der Waals surface area contributed by atoms with Crippen LogP contribution in [0.5, 0.6) is 0 Å². The third-order valence-corrected chi connectivity index (χ3v) is 6.53. The van der Waals surface area contributed by atoms with Crippen LogP contribution in [0.1, 0.15) is 42.7 Å². The number of nitrogens with zero attached hydrogens (tertiary/aromatic N) is 2. The Morgan fingerprint density at radius 2 is 1.93 bits per heavy atom. The Morgan fingerprint density at radius 1 is 1.24 bits per heavy atom. The largest absolute Gasteiger partial charge is 0.373 e. The molecular formula is C23H27ClFN3O. The van der Waals surface area contributed by atoms with Crippen molar-refractivity contribution in [1.82, 2.24) is 15.1 Å². The van der Waals surface area contributed by atoms with E-state index in [9.17, 15) is 4.39 Å². The van der Waals surface area contributed by atoms with Crippen molar-refractivity contribution in [3.63, 3.8) is 0 Å². The van der Waals surface area contributed by atoms with Crippen LogP contribution < -0.4 is 0 Å². The molecule has 0 spiro atoms. The molecule has 0 radical (unpaired) electrons. The molecule has 1 fully saturated rings. The Morgan fingerprint density at radius 3 is 2.62 bits per heavy atom. The standard InChI is InChI=1S/C23H27ClFN3O/c1-15-20-12-18(24)13-21(22(20)27-26-15)16(2)29-14-23(8-10-28(3)11-9-23)17-4-6-19(25)7-5-17/h4-7,12-13,16H,8-11,14H2,1-3H3,(H,26,27). The molecule has 4 rings (SSSR count). The second kappa shape index (κ2) is 8.05. The van der Waals surface area contributed by atoms with E-state index in [1.807, 2.05) is 31.2 Å². The van der Waals surface area contributed by atoms with E-state index in [4.69, 9.17) is 16.3 Å². The number of likely N-dealkylation sites (tertiary alicyclic amines) is 1. The van der Waals surface area contributed by atoms with Gasteiger partial charge in [0.05, 0.1) is 23.9 Å². The van der Waals surface area contributed by atoms with Gasteiger partial charge in [-0.25, -0.2) is 4.39 Å². The molecule has 154 valence electrons. The van der Waals surface area contributed by atoms with Crippen molar-refractivity contribution in [3.05, 3.63) is 64.1 Å². The van der Waals surface area contributed by atoms with Crippen molar-refractivity contribution in [3.8, 4) is 0 Å². The summed E-state index contributed by atoms with van der Waals surface area (Å²) in [6.45, 7) is 6.59. The van der Waals surface area contributed by atoms with Gasteiger partial charge in [0.1, 0.15) is 5.82 Å². The Kier molecular flexibility index (Phi) is 5.65. The van der Waals surface area contributed by atoms with Crippen molar-refractivity contribution in [1.29, 1.82) is 0 Å². The Bertz CT molecular complexity index is 993. The van der Waals surface area contributed by atoms with E-state index in [1.54, 1.807) is 12.1 Å². The number of aryl methyl sites for hydroxylation is 1. The number of rotatable bonds is 5. The first-order valence-electron chi connectivity index (χ1n) is 10.1. The lowest BCUT2D eigenvalue weighted by Gasteiger charge is -2.41. The van der Waals surface area contributed by atoms with Crippen LogP contribution in [0.4, 0.5) is 4.39 Å². The van der Waals surface area contributed by atoms with Crippen LogP contribution in [0.15, 0.2) is 36.4 Å². The number of nitrogens with one attached hydrogen (secondary N) is 1. The highest BCUT2D eigenvalue weighted by Gasteiger charge is 2.36. The minimum Gasteiger partial charge on any atom is -0.373 e. The molecule has 2 heterocycles. The molecule has 1 unspecified atom stereocenters. The predicted molar refractivity (Wildman–Crippen MR) is 115 cm³/mol. The maximum Gasteiger partial charge on any atom is 0.123 e. The summed E-state index contributed by atoms with van der Waals surface area (Å²) in [6, 6.07) is 10.8. The zero-order valence-corrected chi connectivity index (χ0v) is 17.9. The lowest BCUT2D eigenvalue weighted by Crippen LogP contribution is -2.44. The van der Waals surface area contributed by atoms with E-state index in [0.717, 1.165) is 53.7 Å². The molecule has 1 N–H and O–H groups in total. The summed E-state index contributed by atoms with van der Waals surface area (Å²) < 4.78 is 19.9. The molecule has 3 aromatic rings. The fourth-order valence-corrected chi connectivity index (χ4v) is 4.53. The number of benzene rings is 2. The fourth-order valence-electron chi connectivity index (χ4n) is 4.30. The summed E-state index contributed by atoms with van der Waals surface area (Å²) in [5.74, 6) is -0.206. The number of ether oxygens (including phenoxy) is 1. The van der Waals surface area contributed by atoms with E-state index in [0.29, 0.717) is 11.6 Å². The van der Waals surface area contributed by atoms with Crippen molar-refractivity contribution in [2.75, 3.05) is 26.7 Å². The van der Waals surface area contributed by atoms with Gasteiger partial charge in [0, 0.05) is 21.4 Å². The first kappa shape index (κ1) is 20.3. The first-order valence-corrected chi connectivity index (χ1v) is 10.5. The molecule has 0 aliphatic carbocycles. The lowest BCUT2D eigenvalue weighted by atomic mass is 9.73. The van der Waals surface area contributed by atoms with Crippen LogP contribution in [0.2, 0.25) is 5.02 Å². The zero-order chi connectivity index (χ0) is 20.6. The second-order valence-electron chi connectivity index (χ2n) is 8.27. The molecule has 6 heteroatoms. The number of aromatic nitrogens is 2. The van der Waals surface area contributed by atoms with Crippen molar-refractivity contribution in [2.45, 2.75) is 38.2 Å². The van der Waals surface area contributed by atoms with Crippen LogP contribution in [0.25, 0.3) is 10.9 Å². The van der Waals surface area contributed by atoms with Crippen LogP contribution >= 0.6 is 11.6 Å². The maximum atomic E-state index is 13.5. The third-order valence-electron chi connectivity index (χ3n) is 6.31. The summed E-state index contributed by atoms with van der Waals surface area (Å²) in [4.78, 5) is 2.33. The molecule has 2 aromatic carbocycles. The van der Waals surface area contributed by atoms with Crippen LogP contribution in [-0.4, -0.2) is 41.8 Å². The minimum atomic E-state index is -0.206. The van der Waals surface area contributed by atoms with Gasteiger partial charge in [0.25, 0.3) is 0 Å². The molecule has 1 aromatic heterocycles. The average molecular weight is 416 g/mol. The van der Waals surface area contributed by atoms with Gasteiger partial charge < -0.3 is 9.64 Å². The molecule has 0 bridgehead atoms. The quantitative estimate of drug-likeness (QED) is 0.606. The van der Waals surface area contributed by atoms with Gasteiger partial charge in [-0.15, -0.1) is 0 Å². The fraction of sp³-hybridized carbons (Fsp3) is 0.435. The molecule has 1 aliphatic rings. The smallest absolute Gasteiger partial charge is 0.123 e. The van der Waals surface area contributed by atoms with Gasteiger partial charge >= 0.3 is 0 Å². The number of H-pyrrole nitrogens is 1. The van der Waals surface area contributed by atoms with Gasteiger partial charge in [-0.1, -0.05) is 23.7 Å². The van der Waals surface area contributed by atoms with E-state index in [1.165, 1.54) is 0 Å². The van der Waals surface area contributed by atoms with Crippen LogP contribution in [0.3, 0.4) is 0 Å². The molecule has 0 amide bonds. The maximum absolute atomic E-state index is 13.5. The summed E-state index contributed by atoms with van der Waals surface area (Å²) in [5, 5.41) is 9.15. The Hall–Kier alpha value is -1.95. The molecule has 1 aliphatic heterocycles. The van der Waals surface area contributed by atoms with Crippen LogP contribution in [0, 0.1) is 12.7 Å². The van der Waals surface area contributed by atoms with Gasteiger partial charge in [0.2, 0.25) is 0 Å². The first-order chi connectivity index (χ1) is 13.9. The SMILES string of the molecule is Cc1n[nH]c2c(C(C)OCC3(c4ccc(F)cc4)CCN(C)CC3)cc(Cl)cc12. The highest BCUT2D eigenvalue weighted by molar-refractivity contribution is 6.31.